The fraction of sp³-hybridized carbons (Fsp3) is 0.909. The Kier molecular flexibility index (Phi) is 6.57. The van der Waals surface area contributed by atoms with E-state index in [9.17, 15) is 4.79 Å². The van der Waals surface area contributed by atoms with Gasteiger partial charge in [-0.2, -0.15) is 0 Å². The molecule has 88 valence electrons. The fourth-order valence-electron chi connectivity index (χ4n) is 1.53. The van der Waals surface area contributed by atoms with E-state index in [2.05, 4.69) is 0 Å². The molecule has 0 amide bonds. The number of hydrogen-bond acceptors (Lipinski definition) is 4. The number of carbonyl (C=O) groups is 1. The molecule has 4 heteroatoms. The number of unbranched alkanes of at least 4 members (excludes halogenated alkanes) is 1. The molecule has 1 heterocycles. The van der Waals surface area contributed by atoms with Crippen LogP contribution in [0.15, 0.2) is 0 Å². The molecule has 1 atom stereocenters. The van der Waals surface area contributed by atoms with Crippen molar-refractivity contribution < 1.29 is 9.53 Å². The Hall–Kier alpha value is 0.170. The van der Waals surface area contributed by atoms with Crippen LogP contribution < -0.4 is 0 Å². The average Bonchev–Trinajstić information content (AvgIpc) is 2.63. The lowest BCUT2D eigenvalue weighted by Crippen LogP contribution is -2.11. The van der Waals surface area contributed by atoms with Crippen molar-refractivity contribution in [3.8, 4) is 0 Å². The Balaban J connectivity index is 1.94. The Labute approximate surface area is 100 Å². The second kappa shape index (κ2) is 7.44. The highest BCUT2D eigenvalue weighted by Crippen LogP contribution is 2.39. The zero-order valence-corrected chi connectivity index (χ0v) is 11.2. The minimum absolute atomic E-state index is 0.0271. The maximum atomic E-state index is 11.2. The van der Waals surface area contributed by atoms with Crippen LogP contribution >= 0.6 is 21.6 Å². The van der Waals surface area contributed by atoms with Crippen molar-refractivity contribution in [3.63, 3.8) is 0 Å². The maximum absolute atomic E-state index is 11.2. The lowest BCUT2D eigenvalue weighted by molar-refractivity contribution is -0.147. The van der Waals surface area contributed by atoms with Crippen LogP contribution in [-0.4, -0.2) is 23.1 Å². The average molecular weight is 248 g/mol. The second-order valence-corrected chi connectivity index (χ2v) is 6.90. The number of ether oxygens (including phenoxy) is 1. The molecule has 0 aromatic rings. The van der Waals surface area contributed by atoms with E-state index in [1.165, 1.54) is 18.6 Å². The standard InChI is InChI=1S/C11H20O2S2/c1-9(2)13-11(12)6-4-3-5-10-7-8-14-15-10/h9-10H,3-8H2,1-2H3/t10-/m1/s1. The van der Waals surface area contributed by atoms with Crippen LogP contribution in [0.4, 0.5) is 0 Å². The van der Waals surface area contributed by atoms with Crippen molar-refractivity contribution in [1.82, 2.24) is 0 Å². The van der Waals surface area contributed by atoms with E-state index in [1.54, 1.807) is 0 Å². The molecule has 0 bridgehead atoms. The lowest BCUT2D eigenvalue weighted by Gasteiger charge is -2.08. The summed E-state index contributed by atoms with van der Waals surface area (Å²) in [5.74, 6) is 1.25. The van der Waals surface area contributed by atoms with E-state index in [0.717, 1.165) is 18.1 Å². The highest BCUT2D eigenvalue weighted by molar-refractivity contribution is 8.77. The van der Waals surface area contributed by atoms with Crippen LogP contribution in [0.25, 0.3) is 0 Å². The molecule has 1 fully saturated rings. The van der Waals surface area contributed by atoms with Gasteiger partial charge in [-0.1, -0.05) is 28.0 Å². The predicted octanol–water partition coefficient (Wildman–Crippen LogP) is 3.65. The first-order valence-electron chi connectivity index (χ1n) is 5.66. The molecular weight excluding hydrogens is 228 g/mol. The summed E-state index contributed by atoms with van der Waals surface area (Å²) in [6.45, 7) is 3.79. The van der Waals surface area contributed by atoms with Gasteiger partial charge >= 0.3 is 5.97 Å². The van der Waals surface area contributed by atoms with E-state index in [0.29, 0.717) is 6.42 Å². The normalized spacial score (nSPS) is 20.9. The molecule has 0 N–H and O–H groups in total. The van der Waals surface area contributed by atoms with Crippen LogP contribution in [0.3, 0.4) is 0 Å². The lowest BCUT2D eigenvalue weighted by atomic mass is 10.1. The molecule has 0 unspecified atom stereocenters. The summed E-state index contributed by atoms with van der Waals surface area (Å²) < 4.78 is 5.07. The molecule has 0 radical (unpaired) electrons. The number of rotatable bonds is 6. The summed E-state index contributed by atoms with van der Waals surface area (Å²) in [7, 11) is 3.99. The highest BCUT2D eigenvalue weighted by Gasteiger charge is 2.15. The van der Waals surface area contributed by atoms with Crippen molar-refractivity contribution in [2.45, 2.75) is 57.3 Å². The minimum atomic E-state index is -0.0431. The van der Waals surface area contributed by atoms with Crippen molar-refractivity contribution in [2.24, 2.45) is 0 Å². The SMILES string of the molecule is CC(C)OC(=O)CCCC[C@@H]1CCSS1. The van der Waals surface area contributed by atoms with Gasteiger partial charge in [-0.15, -0.1) is 0 Å². The van der Waals surface area contributed by atoms with Crippen molar-refractivity contribution in [1.29, 1.82) is 0 Å². The molecule has 0 aromatic carbocycles. The molecule has 0 spiro atoms. The van der Waals surface area contributed by atoms with E-state index in [4.69, 9.17) is 4.74 Å². The molecule has 15 heavy (non-hydrogen) atoms. The van der Waals surface area contributed by atoms with Crippen LogP contribution in [0.1, 0.15) is 46.0 Å². The molecule has 0 aliphatic carbocycles. The fourth-order valence-corrected chi connectivity index (χ4v) is 4.56. The van der Waals surface area contributed by atoms with Gasteiger partial charge in [0.2, 0.25) is 0 Å². The van der Waals surface area contributed by atoms with Gasteiger partial charge in [-0.25, -0.2) is 0 Å². The molecule has 0 saturated carbocycles. The monoisotopic (exact) mass is 248 g/mol. The van der Waals surface area contributed by atoms with Crippen LogP contribution in [0, 0.1) is 0 Å². The first kappa shape index (κ1) is 13.2. The number of carbonyl (C=O) groups excluding carboxylic acids is 1. The van der Waals surface area contributed by atoms with Crippen molar-refractivity contribution >= 4 is 27.6 Å². The highest BCUT2D eigenvalue weighted by atomic mass is 33.1. The van der Waals surface area contributed by atoms with Gasteiger partial charge in [0.05, 0.1) is 6.10 Å². The van der Waals surface area contributed by atoms with Gasteiger partial charge in [0.25, 0.3) is 0 Å². The smallest absolute Gasteiger partial charge is 0.306 e. The third-order valence-corrected chi connectivity index (χ3v) is 5.26. The number of hydrogen-bond donors (Lipinski definition) is 0. The summed E-state index contributed by atoms with van der Waals surface area (Å²) in [6, 6.07) is 0. The molecule has 2 nitrogen and oxygen atoms in total. The molecule has 0 aromatic heterocycles. The first-order chi connectivity index (χ1) is 7.18. The Morgan fingerprint density at radius 2 is 2.27 bits per heavy atom. The van der Waals surface area contributed by atoms with Gasteiger partial charge < -0.3 is 4.74 Å². The first-order valence-corrected chi connectivity index (χ1v) is 8.04. The summed E-state index contributed by atoms with van der Waals surface area (Å²) in [4.78, 5) is 11.2. The zero-order chi connectivity index (χ0) is 11.1. The summed E-state index contributed by atoms with van der Waals surface area (Å²) in [5, 5.41) is 0.830. The topological polar surface area (TPSA) is 26.3 Å². The van der Waals surface area contributed by atoms with Gasteiger partial charge in [-0.05, 0) is 33.1 Å². The van der Waals surface area contributed by atoms with Gasteiger partial charge in [0.15, 0.2) is 0 Å². The van der Waals surface area contributed by atoms with Crippen molar-refractivity contribution in [2.75, 3.05) is 5.75 Å². The molecule has 1 aliphatic heterocycles. The summed E-state index contributed by atoms with van der Waals surface area (Å²) >= 11 is 0. The summed E-state index contributed by atoms with van der Waals surface area (Å²) in [6.07, 6.45) is 5.35. The third-order valence-electron chi connectivity index (χ3n) is 2.25. The third kappa shape index (κ3) is 6.36. The van der Waals surface area contributed by atoms with Gasteiger partial charge in [0, 0.05) is 17.4 Å². The van der Waals surface area contributed by atoms with Crippen LogP contribution in [0.2, 0.25) is 0 Å². The van der Waals surface area contributed by atoms with E-state index >= 15 is 0 Å². The quantitative estimate of drug-likeness (QED) is 0.407. The zero-order valence-electron chi connectivity index (χ0n) is 9.53. The molecular formula is C11H20O2S2. The van der Waals surface area contributed by atoms with E-state index < -0.39 is 0 Å². The number of esters is 1. The molecule has 1 aliphatic rings. The second-order valence-electron chi connectivity index (χ2n) is 4.11. The summed E-state index contributed by atoms with van der Waals surface area (Å²) in [5.41, 5.74) is 0. The Bertz CT molecular complexity index is 189. The van der Waals surface area contributed by atoms with Crippen LogP contribution in [-0.2, 0) is 9.53 Å². The maximum Gasteiger partial charge on any atom is 0.306 e. The predicted molar refractivity (Wildman–Crippen MR) is 68.2 cm³/mol. The Morgan fingerprint density at radius 1 is 1.47 bits per heavy atom. The molecule has 1 rings (SSSR count). The van der Waals surface area contributed by atoms with Crippen LogP contribution in [0.5, 0.6) is 0 Å². The largest absolute Gasteiger partial charge is 0.463 e. The van der Waals surface area contributed by atoms with E-state index in [1.807, 2.05) is 35.4 Å². The van der Waals surface area contributed by atoms with Gasteiger partial charge in [-0.3, -0.25) is 4.79 Å². The Morgan fingerprint density at radius 3 is 2.87 bits per heavy atom. The minimum Gasteiger partial charge on any atom is -0.463 e. The van der Waals surface area contributed by atoms with Crippen molar-refractivity contribution in [3.05, 3.63) is 0 Å². The van der Waals surface area contributed by atoms with E-state index in [-0.39, 0.29) is 12.1 Å². The molecule has 1 saturated heterocycles. The van der Waals surface area contributed by atoms with Gasteiger partial charge in [0.1, 0.15) is 0 Å².